The van der Waals surface area contributed by atoms with Gasteiger partial charge in [-0.1, -0.05) is 210 Å². The first-order chi connectivity index (χ1) is 39.4. The summed E-state index contributed by atoms with van der Waals surface area (Å²) in [6.45, 7) is 8.15. The second-order valence-electron chi connectivity index (χ2n) is 24.4. The van der Waals surface area contributed by atoms with Gasteiger partial charge < -0.3 is 8.83 Å². The Morgan fingerprint density at radius 2 is 0.756 bits per heavy atom. The van der Waals surface area contributed by atoms with Crippen LogP contribution in [0.1, 0.15) is 66.2 Å². The van der Waals surface area contributed by atoms with Gasteiger partial charge in [-0.15, -0.1) is 0 Å². The Morgan fingerprint density at radius 3 is 1.06 bits per heavy atom. The van der Waals surface area contributed by atoms with Gasteiger partial charge in [0.25, 0.3) is 20.0 Å². The highest BCUT2D eigenvalue weighted by molar-refractivity contribution is 8.00. The van der Waals surface area contributed by atoms with Crippen molar-refractivity contribution >= 4 is 121 Å². The van der Waals surface area contributed by atoms with Crippen molar-refractivity contribution in [1.29, 1.82) is 0 Å². The van der Waals surface area contributed by atoms with Crippen LogP contribution in [0.2, 0.25) is 0 Å². The third kappa shape index (κ3) is 7.62. The Hall–Kier alpha value is -6.94. The molecule has 4 bridgehead atoms. The molecule has 4 aliphatic carbocycles. The molecule has 4 fully saturated rings. The lowest BCUT2D eigenvalue weighted by atomic mass is 9.70. The van der Waals surface area contributed by atoms with E-state index in [9.17, 15) is 9.59 Å². The molecule has 2 heterocycles. The first-order valence-electron chi connectivity index (χ1n) is 28.3. The van der Waals surface area contributed by atoms with Crippen molar-refractivity contribution in [2.45, 2.75) is 66.2 Å². The number of carbonyl (C=O) groups is 2. The SMILES string of the molecule is CC1(C)C2CCC1(CS(=O)(=O)N=P(c1ccccc1)(c1ccccc1)c1oc3ccc4ccccc4c3c1-c1c(P(=NS(=O)(=O)CC34CCC(CC3=O)C4(C)C)(c3ccccc3)c3ccccc3)oc3ccc4ccccc4c13)C(=O)C2. The quantitative estimate of drug-likeness (QED) is 0.103. The van der Waals surface area contributed by atoms with Crippen LogP contribution in [0.5, 0.6) is 0 Å². The lowest BCUT2D eigenvalue weighted by Crippen LogP contribution is -2.42. The maximum absolute atomic E-state index is 16.1. The summed E-state index contributed by atoms with van der Waals surface area (Å²) in [6.07, 6.45) is 3.06. The highest BCUT2D eigenvalue weighted by atomic mass is 32.2. The number of rotatable bonds is 13. The molecular weight excluding hydrogens is 1100 g/mol. The third-order valence-electron chi connectivity index (χ3n) is 20.1. The first kappa shape index (κ1) is 53.1. The summed E-state index contributed by atoms with van der Waals surface area (Å²) in [5, 5.41) is 7.00. The van der Waals surface area contributed by atoms with Crippen LogP contribution in [0.25, 0.3) is 54.6 Å². The van der Waals surface area contributed by atoms with Gasteiger partial charge in [0.05, 0.1) is 22.3 Å². The summed E-state index contributed by atoms with van der Waals surface area (Å²) < 4.78 is 90.7. The van der Waals surface area contributed by atoms with Crippen molar-refractivity contribution in [3.05, 3.63) is 194 Å². The summed E-state index contributed by atoms with van der Waals surface area (Å²) in [5.41, 5.74) is -1.10. The molecule has 4 aliphatic rings. The molecule has 414 valence electrons. The zero-order valence-corrected chi connectivity index (χ0v) is 49.6. The molecule has 10 nitrogen and oxygen atoms in total. The van der Waals surface area contributed by atoms with Crippen LogP contribution in [0, 0.1) is 33.5 Å². The van der Waals surface area contributed by atoms with Gasteiger partial charge in [0.15, 0.2) is 11.0 Å². The van der Waals surface area contributed by atoms with Crippen LogP contribution in [-0.2, 0) is 29.6 Å². The Labute approximate surface area is 478 Å². The minimum absolute atomic E-state index is 0.0396. The van der Waals surface area contributed by atoms with Crippen LogP contribution in [0.3, 0.4) is 0 Å². The van der Waals surface area contributed by atoms with Crippen molar-refractivity contribution < 1.29 is 35.3 Å². The van der Waals surface area contributed by atoms with E-state index >= 15 is 16.8 Å². The number of furan rings is 2. The predicted molar refractivity (Wildman–Crippen MR) is 333 cm³/mol. The largest absolute Gasteiger partial charge is 0.453 e. The van der Waals surface area contributed by atoms with Crippen LogP contribution < -0.4 is 32.2 Å². The molecule has 0 N–H and O–H groups in total. The Kier molecular flexibility index (Phi) is 12.2. The van der Waals surface area contributed by atoms with Crippen molar-refractivity contribution in [3.63, 3.8) is 0 Å². The number of hydrogen-bond donors (Lipinski definition) is 0. The molecular formula is C68H62N2O8P2S2. The van der Waals surface area contributed by atoms with Gasteiger partial charge in [-0.2, -0.15) is 8.30 Å². The fourth-order valence-electron chi connectivity index (χ4n) is 15.5. The zero-order chi connectivity index (χ0) is 56.7. The number of benzene rings is 8. The molecule has 10 aromatic rings. The molecule has 4 saturated carbocycles. The molecule has 4 atom stereocenters. The van der Waals surface area contributed by atoms with Gasteiger partial charge in [-0.05, 0) is 82.0 Å². The Balaban J connectivity index is 1.20. The molecule has 2 aromatic heterocycles. The molecule has 8 aromatic carbocycles. The average Bonchev–Trinajstić information content (AvgIpc) is 3.82. The van der Waals surface area contributed by atoms with Crippen LogP contribution in [0.15, 0.2) is 211 Å². The number of fused-ring (bicyclic) bond motifs is 10. The number of Topliss-reactive ketones (excluding diaryl/α,β-unsaturated/α-hetero) is 2. The molecule has 0 saturated heterocycles. The van der Waals surface area contributed by atoms with E-state index < -0.39 is 67.3 Å². The predicted octanol–water partition coefficient (Wildman–Crippen LogP) is 13.6. The lowest BCUT2D eigenvalue weighted by Gasteiger charge is -2.36. The first-order valence-corrected chi connectivity index (χ1v) is 35.0. The molecule has 4 unspecified atom stereocenters. The van der Waals surface area contributed by atoms with Gasteiger partial charge in [0.2, 0.25) is 0 Å². The number of carbonyl (C=O) groups excluding carboxylic acids is 2. The van der Waals surface area contributed by atoms with Gasteiger partial charge >= 0.3 is 0 Å². The van der Waals surface area contributed by atoms with Crippen LogP contribution in [0.4, 0.5) is 0 Å². The molecule has 0 radical (unpaired) electrons. The normalized spacial score (nSPS) is 22.2. The number of nitrogens with zero attached hydrogens (tertiary/aromatic N) is 2. The van der Waals surface area contributed by atoms with E-state index in [0.29, 0.717) is 80.0 Å². The standard InChI is InChI=1S/C68H62N2O8P2S2/c1-65(2)47-37-39-67(65,57(71)41-47)43-81(73,74)69-79(49-23-9-5-10-24-49,50-25-11-6-12-26-50)63-61(59-53-31-19-17-21-45(53)33-35-55(59)77-63)62-60-54-32-20-18-22-46(54)34-36-56(60)78-64(62)80(51-27-13-7-14-28-51,52-29-15-8-16-30-52)70-82(75,76)44-68-40-38-48(42-58(68)72)66(68,3)4/h5-36,47-48H,37-44H2,1-4H3. The van der Waals surface area contributed by atoms with Crippen molar-refractivity contribution in [1.82, 2.24) is 0 Å². The van der Waals surface area contributed by atoms with Gasteiger partial charge in [0, 0.05) is 56.0 Å². The summed E-state index contributed by atoms with van der Waals surface area (Å²) in [7, 11) is -17.3. The second kappa shape index (κ2) is 18.8. The van der Waals surface area contributed by atoms with E-state index in [1.165, 1.54) is 0 Å². The summed E-state index contributed by atoms with van der Waals surface area (Å²) >= 11 is 0. The third-order valence-corrected chi connectivity index (χ3v) is 31.8. The average molecular weight is 1160 g/mol. The Morgan fingerprint density at radius 1 is 0.439 bits per heavy atom. The fraction of sp³-hybridized carbons (Fsp3) is 0.265. The van der Waals surface area contributed by atoms with Crippen molar-refractivity contribution in [3.8, 4) is 11.1 Å². The molecule has 14 heteroatoms. The molecule has 82 heavy (non-hydrogen) atoms. The number of sulfonamides is 2. The molecule has 0 spiro atoms. The van der Waals surface area contributed by atoms with E-state index in [1.807, 2.05) is 222 Å². The van der Waals surface area contributed by atoms with E-state index in [0.717, 1.165) is 34.4 Å². The molecule has 0 aliphatic heterocycles. The van der Waals surface area contributed by atoms with Crippen LogP contribution in [-0.4, -0.2) is 39.9 Å². The highest BCUT2D eigenvalue weighted by Gasteiger charge is 2.67. The smallest absolute Gasteiger partial charge is 0.253 e. The highest BCUT2D eigenvalue weighted by Crippen LogP contribution is 2.67. The number of ketones is 2. The Bertz CT molecular complexity index is 4270. The van der Waals surface area contributed by atoms with Crippen molar-refractivity contribution in [2.24, 2.45) is 41.8 Å². The van der Waals surface area contributed by atoms with Gasteiger partial charge in [-0.3, -0.25) is 9.59 Å². The second-order valence-corrected chi connectivity index (χ2v) is 34.1. The maximum atomic E-state index is 16.1. The minimum atomic E-state index is -4.59. The topological polar surface area (TPSA) is 153 Å². The van der Waals surface area contributed by atoms with Gasteiger partial charge in [-0.25, -0.2) is 16.8 Å². The maximum Gasteiger partial charge on any atom is 0.253 e. The van der Waals surface area contributed by atoms with Gasteiger partial charge in [0.1, 0.15) is 36.8 Å². The van der Waals surface area contributed by atoms with E-state index in [2.05, 4.69) is 0 Å². The fourth-order valence-corrected chi connectivity index (χ4v) is 29.2. The summed E-state index contributed by atoms with van der Waals surface area (Å²) in [4.78, 5) is 28.7. The van der Waals surface area contributed by atoms with E-state index in [1.54, 1.807) is 0 Å². The zero-order valence-electron chi connectivity index (χ0n) is 46.2. The number of hydrogen-bond acceptors (Lipinski definition) is 8. The monoisotopic (exact) mass is 1160 g/mol. The van der Waals surface area contributed by atoms with E-state index in [-0.39, 0.29) is 34.4 Å². The lowest BCUT2D eigenvalue weighted by molar-refractivity contribution is -0.128. The van der Waals surface area contributed by atoms with Crippen molar-refractivity contribution in [2.75, 3.05) is 11.5 Å². The van der Waals surface area contributed by atoms with Crippen LogP contribution >= 0.6 is 14.1 Å². The molecule has 14 rings (SSSR count). The summed E-state index contributed by atoms with van der Waals surface area (Å²) in [5.74, 6) is -0.904. The summed E-state index contributed by atoms with van der Waals surface area (Å²) in [6, 6.07) is 61.8. The molecule has 0 amide bonds. The van der Waals surface area contributed by atoms with E-state index in [4.69, 9.17) is 17.1 Å². The minimum Gasteiger partial charge on any atom is -0.453 e.